The number of hydrogen-bond donors (Lipinski definition) is 0. The van der Waals surface area contributed by atoms with Crippen LogP contribution in [0.5, 0.6) is 0 Å². The molecule has 0 spiro atoms. The molecular formula is C21H27Lu. The zero-order valence-corrected chi connectivity index (χ0v) is 15.6. The Balaban J connectivity index is 2.09. The third-order valence-electron chi connectivity index (χ3n) is 4.32. The van der Waals surface area contributed by atoms with Gasteiger partial charge in [0.05, 0.1) is 0 Å². The molecule has 0 saturated carbocycles. The first-order chi connectivity index (χ1) is 10.8. The van der Waals surface area contributed by atoms with E-state index in [0.29, 0.717) is 0 Å². The van der Waals surface area contributed by atoms with Crippen LogP contribution in [0.2, 0.25) is 0 Å². The molecule has 0 unspecified atom stereocenters. The molecule has 0 aromatic rings. The van der Waals surface area contributed by atoms with Crippen LogP contribution in [-0.2, 0) is 0 Å². The van der Waals surface area contributed by atoms with Crippen LogP contribution in [0.1, 0.15) is 59.3 Å². The van der Waals surface area contributed by atoms with Crippen molar-refractivity contribution in [1.82, 2.24) is 0 Å². The monoisotopic (exact) mass is 454 g/mol. The Morgan fingerprint density at radius 3 is 1.23 bits per heavy atom. The number of hydrogen-bond acceptors (Lipinski definition) is 0. The van der Waals surface area contributed by atoms with Gasteiger partial charge < -0.3 is 0 Å². The van der Waals surface area contributed by atoms with E-state index in [9.17, 15) is 0 Å². The molecule has 0 nitrogen and oxygen atoms in total. The van der Waals surface area contributed by atoms with Gasteiger partial charge in [0.25, 0.3) is 0 Å². The fraction of sp³-hybridized carbons (Fsp3) is 0.429. The molecule has 22 heavy (non-hydrogen) atoms. The molecule has 0 amide bonds. The van der Waals surface area contributed by atoms with Gasteiger partial charge in [0, 0.05) is 0 Å². The van der Waals surface area contributed by atoms with E-state index in [0.717, 1.165) is 0 Å². The van der Waals surface area contributed by atoms with Gasteiger partial charge in [0.2, 0.25) is 0 Å². The third-order valence-corrected chi connectivity index (χ3v) is 9.93. The van der Waals surface area contributed by atoms with Gasteiger partial charge in [-0.05, 0) is 0 Å². The average Bonchev–Trinajstić information content (AvgIpc) is 3.28. The molecule has 3 rings (SSSR count). The first kappa shape index (κ1) is 16.5. The number of allylic oxidation sites excluding steroid dienone is 12. The summed E-state index contributed by atoms with van der Waals surface area (Å²) in [5, 5.41) is 0. The van der Waals surface area contributed by atoms with Crippen LogP contribution < -0.4 is 0 Å². The van der Waals surface area contributed by atoms with Crippen molar-refractivity contribution < 1.29 is 31.1 Å². The van der Waals surface area contributed by atoms with Crippen molar-refractivity contribution in [3.8, 4) is 0 Å². The molecule has 0 fully saturated rings. The van der Waals surface area contributed by atoms with E-state index in [2.05, 4.69) is 57.2 Å². The van der Waals surface area contributed by atoms with Crippen molar-refractivity contribution in [2.75, 3.05) is 0 Å². The minimum absolute atomic E-state index is 0.822. The second kappa shape index (κ2) is 7.50. The van der Waals surface area contributed by atoms with Gasteiger partial charge in [-0.2, -0.15) is 0 Å². The summed E-state index contributed by atoms with van der Waals surface area (Å²) in [6.07, 6.45) is 21.5. The van der Waals surface area contributed by atoms with Crippen molar-refractivity contribution in [2.45, 2.75) is 59.3 Å². The van der Waals surface area contributed by atoms with Gasteiger partial charge in [-0.1, -0.05) is 0 Å². The molecular weight excluding hydrogens is 427 g/mol. The van der Waals surface area contributed by atoms with E-state index in [-0.39, 0.29) is 0 Å². The van der Waals surface area contributed by atoms with Gasteiger partial charge in [0.1, 0.15) is 0 Å². The molecule has 0 heterocycles. The second-order valence-electron chi connectivity index (χ2n) is 5.65. The Bertz CT molecular complexity index is 544. The Hall–Kier alpha value is -0.326. The fourth-order valence-electron chi connectivity index (χ4n) is 3.06. The molecule has 0 radical (unpaired) electrons. The van der Waals surface area contributed by atoms with Crippen LogP contribution in [-0.4, -0.2) is 0 Å². The maximum atomic E-state index is 2.39. The summed E-state index contributed by atoms with van der Waals surface area (Å²) in [5.74, 6) is 0. The van der Waals surface area contributed by atoms with Crippen molar-refractivity contribution >= 4 is 0 Å². The zero-order valence-electron chi connectivity index (χ0n) is 14.0. The molecule has 0 aliphatic heterocycles. The summed E-state index contributed by atoms with van der Waals surface area (Å²) in [5.41, 5.74) is 4.88. The normalized spacial score (nSPS) is 21.1. The van der Waals surface area contributed by atoms with Crippen molar-refractivity contribution in [2.24, 2.45) is 0 Å². The van der Waals surface area contributed by atoms with Crippen LogP contribution in [0.4, 0.5) is 0 Å². The molecule has 0 aromatic heterocycles. The summed E-state index contributed by atoms with van der Waals surface area (Å²) < 4.78 is 5.37. The molecule has 3 aliphatic rings. The summed E-state index contributed by atoms with van der Waals surface area (Å²) in [6.45, 7) is 6.95. The van der Waals surface area contributed by atoms with Gasteiger partial charge in [-0.15, -0.1) is 0 Å². The quantitative estimate of drug-likeness (QED) is 0.431. The van der Waals surface area contributed by atoms with Crippen molar-refractivity contribution in [3.05, 3.63) is 58.6 Å². The van der Waals surface area contributed by atoms with Crippen molar-refractivity contribution in [1.29, 1.82) is 0 Å². The minimum atomic E-state index is -0.822. The Morgan fingerprint density at radius 1 is 0.636 bits per heavy atom. The number of rotatable bonds is 6. The summed E-state index contributed by atoms with van der Waals surface area (Å²) in [6, 6.07) is 0. The third kappa shape index (κ3) is 3.02. The topological polar surface area (TPSA) is 0 Å². The SMILES string of the molecule is CCC1=[C]([Lu]([C]2=C(CC)C=CC2)[C]2=C(CC)C=CC2)CC=C1. The average molecular weight is 454 g/mol. The maximum absolute atomic E-state index is 2.39. The molecule has 0 bridgehead atoms. The Labute approximate surface area is 148 Å². The van der Waals surface area contributed by atoms with Gasteiger partial charge in [-0.25, -0.2) is 0 Å². The molecule has 3 aliphatic carbocycles. The Morgan fingerprint density at radius 2 is 0.955 bits per heavy atom. The van der Waals surface area contributed by atoms with Crippen LogP contribution in [0, 0.1) is 31.1 Å². The summed E-state index contributed by atoms with van der Waals surface area (Å²) in [7, 11) is 0. The summed E-state index contributed by atoms with van der Waals surface area (Å²) >= 11 is -0.822. The molecule has 126 valence electrons. The molecule has 1 heteroatoms. The first-order valence-corrected chi connectivity index (χ1v) is 11.0. The standard InChI is InChI=1S/3C7H9.Lu/c3*1-2-7-5-3-4-6-7;/h3*3,5H,2,4H2,1H3;. The summed E-state index contributed by atoms with van der Waals surface area (Å²) in [4.78, 5) is 0. The van der Waals surface area contributed by atoms with Crippen LogP contribution in [0.25, 0.3) is 0 Å². The van der Waals surface area contributed by atoms with E-state index in [1.807, 2.05) is 0 Å². The molecule has 0 N–H and O–H groups in total. The van der Waals surface area contributed by atoms with Crippen LogP contribution >= 0.6 is 0 Å². The van der Waals surface area contributed by atoms with Crippen LogP contribution in [0.15, 0.2) is 58.6 Å². The van der Waals surface area contributed by atoms with Crippen LogP contribution in [0.3, 0.4) is 0 Å². The molecule has 0 aromatic carbocycles. The first-order valence-electron chi connectivity index (χ1n) is 8.47. The van der Waals surface area contributed by atoms with Gasteiger partial charge in [0.15, 0.2) is 0 Å². The van der Waals surface area contributed by atoms with E-state index < -0.39 is 31.1 Å². The predicted molar refractivity (Wildman–Crippen MR) is 93.2 cm³/mol. The van der Waals surface area contributed by atoms with E-state index in [1.165, 1.54) is 38.5 Å². The van der Waals surface area contributed by atoms with E-state index >= 15 is 0 Å². The van der Waals surface area contributed by atoms with Gasteiger partial charge >= 0.3 is 149 Å². The molecule has 0 saturated heterocycles. The fourth-order valence-corrected chi connectivity index (χ4v) is 9.36. The van der Waals surface area contributed by atoms with Crippen molar-refractivity contribution in [3.63, 3.8) is 0 Å². The van der Waals surface area contributed by atoms with E-state index in [1.54, 1.807) is 22.1 Å². The molecule has 0 atom stereocenters. The Kier molecular flexibility index (Phi) is 5.63. The second-order valence-corrected chi connectivity index (χ2v) is 9.89. The zero-order chi connectivity index (χ0) is 15.5. The van der Waals surface area contributed by atoms with Gasteiger partial charge in [-0.3, -0.25) is 0 Å². The predicted octanol–water partition coefficient (Wildman–Crippen LogP) is 6.48. The van der Waals surface area contributed by atoms with E-state index in [4.69, 9.17) is 0 Å².